The summed E-state index contributed by atoms with van der Waals surface area (Å²) in [5.41, 5.74) is 5.59. The average Bonchev–Trinajstić information content (AvgIpc) is 2.33. The second-order valence-corrected chi connectivity index (χ2v) is 5.36. The van der Waals surface area contributed by atoms with E-state index < -0.39 is 0 Å². The Kier molecular flexibility index (Phi) is 5.83. The van der Waals surface area contributed by atoms with Crippen molar-refractivity contribution in [2.24, 2.45) is 0 Å². The predicted octanol–water partition coefficient (Wildman–Crippen LogP) is 3.21. The van der Waals surface area contributed by atoms with Crippen molar-refractivity contribution in [1.29, 1.82) is 0 Å². The highest BCUT2D eigenvalue weighted by Gasteiger charge is 2.09. The van der Waals surface area contributed by atoms with Gasteiger partial charge in [-0.2, -0.15) is 0 Å². The molecule has 1 unspecified atom stereocenters. The Morgan fingerprint density at radius 3 is 2.33 bits per heavy atom. The smallest absolute Gasteiger partial charge is 0.0295 e. The number of likely N-dealkylation sites (N-methyl/N-ethyl adjacent to an activating group) is 1. The quantitative estimate of drug-likeness (QED) is 0.831. The zero-order chi connectivity index (χ0) is 13.7. The third-order valence-corrected chi connectivity index (χ3v) is 3.83. The Bertz CT molecular complexity index is 385. The van der Waals surface area contributed by atoms with Crippen LogP contribution in [0.5, 0.6) is 0 Å². The molecule has 0 aliphatic heterocycles. The monoisotopic (exact) mass is 248 g/mol. The summed E-state index contributed by atoms with van der Waals surface area (Å²) in [6, 6.07) is 5.04. The van der Waals surface area contributed by atoms with E-state index in [1.165, 1.54) is 22.3 Å². The lowest BCUT2D eigenvalue weighted by Crippen LogP contribution is -2.30. The highest BCUT2D eigenvalue weighted by atomic mass is 15.1. The Morgan fingerprint density at radius 2 is 1.72 bits per heavy atom. The number of nitrogens with one attached hydrogen (secondary N) is 1. The maximum absolute atomic E-state index is 3.61. The number of hydrogen-bond acceptors (Lipinski definition) is 2. The molecule has 0 radical (unpaired) electrons. The van der Waals surface area contributed by atoms with Gasteiger partial charge in [0.05, 0.1) is 0 Å². The summed E-state index contributed by atoms with van der Waals surface area (Å²) in [5.74, 6) is 0. The number of aryl methyl sites for hydroxylation is 3. The van der Waals surface area contributed by atoms with Crippen LogP contribution in [-0.2, 0) is 0 Å². The summed E-state index contributed by atoms with van der Waals surface area (Å²) >= 11 is 0. The van der Waals surface area contributed by atoms with Crippen molar-refractivity contribution < 1.29 is 0 Å². The van der Waals surface area contributed by atoms with Crippen LogP contribution in [0.4, 0.5) is 0 Å². The van der Waals surface area contributed by atoms with Gasteiger partial charge in [0.2, 0.25) is 0 Å². The van der Waals surface area contributed by atoms with Crippen molar-refractivity contribution in [2.75, 3.05) is 26.7 Å². The molecule has 0 saturated heterocycles. The van der Waals surface area contributed by atoms with Crippen molar-refractivity contribution in [1.82, 2.24) is 10.2 Å². The maximum atomic E-state index is 3.61. The zero-order valence-corrected chi connectivity index (χ0v) is 12.8. The van der Waals surface area contributed by atoms with E-state index >= 15 is 0 Å². The molecule has 0 saturated carbocycles. The molecule has 0 amide bonds. The van der Waals surface area contributed by atoms with Crippen LogP contribution in [-0.4, -0.2) is 31.6 Å². The molecule has 2 nitrogen and oxygen atoms in total. The molecule has 0 heterocycles. The molecule has 1 aromatic carbocycles. The molecule has 2 heteroatoms. The number of nitrogens with zero attached hydrogens (tertiary/aromatic N) is 1. The van der Waals surface area contributed by atoms with E-state index in [1.54, 1.807) is 0 Å². The second-order valence-electron chi connectivity index (χ2n) is 5.36. The summed E-state index contributed by atoms with van der Waals surface area (Å²) in [7, 11) is 2.16. The molecule has 0 aliphatic carbocycles. The van der Waals surface area contributed by atoms with Gasteiger partial charge in [0, 0.05) is 19.1 Å². The van der Waals surface area contributed by atoms with Gasteiger partial charge in [-0.3, -0.25) is 0 Å². The molecule has 0 spiro atoms. The van der Waals surface area contributed by atoms with Crippen molar-refractivity contribution in [3.05, 3.63) is 34.4 Å². The summed E-state index contributed by atoms with van der Waals surface area (Å²) in [6.45, 7) is 14.3. The van der Waals surface area contributed by atoms with Gasteiger partial charge >= 0.3 is 0 Å². The van der Waals surface area contributed by atoms with Crippen molar-refractivity contribution in [3.63, 3.8) is 0 Å². The van der Waals surface area contributed by atoms with Crippen LogP contribution < -0.4 is 5.32 Å². The van der Waals surface area contributed by atoms with Crippen molar-refractivity contribution in [3.8, 4) is 0 Å². The van der Waals surface area contributed by atoms with Gasteiger partial charge in [-0.25, -0.2) is 0 Å². The SMILES string of the molecule is CCN(C)CCNC(C)c1cc(C)c(C)cc1C. The van der Waals surface area contributed by atoms with Gasteiger partial charge in [-0.1, -0.05) is 19.1 Å². The van der Waals surface area contributed by atoms with E-state index in [0.717, 1.165) is 19.6 Å². The van der Waals surface area contributed by atoms with Gasteiger partial charge in [0.25, 0.3) is 0 Å². The van der Waals surface area contributed by atoms with Gasteiger partial charge < -0.3 is 10.2 Å². The van der Waals surface area contributed by atoms with E-state index in [0.29, 0.717) is 6.04 Å². The van der Waals surface area contributed by atoms with E-state index in [-0.39, 0.29) is 0 Å². The summed E-state index contributed by atoms with van der Waals surface area (Å²) in [4.78, 5) is 2.33. The Hall–Kier alpha value is -0.860. The first-order chi connectivity index (χ1) is 8.45. The summed E-state index contributed by atoms with van der Waals surface area (Å²) in [6.07, 6.45) is 0. The lowest BCUT2D eigenvalue weighted by Gasteiger charge is -2.20. The lowest BCUT2D eigenvalue weighted by molar-refractivity contribution is 0.342. The standard InChI is InChI=1S/C16H28N2/c1-7-18(6)9-8-17-15(5)16-11-13(3)12(2)10-14(16)4/h10-11,15,17H,7-9H2,1-6H3. The topological polar surface area (TPSA) is 15.3 Å². The largest absolute Gasteiger partial charge is 0.309 e. The van der Waals surface area contributed by atoms with Gasteiger partial charge in [0.15, 0.2) is 0 Å². The maximum Gasteiger partial charge on any atom is 0.0295 e. The van der Waals surface area contributed by atoms with Crippen LogP contribution in [0.25, 0.3) is 0 Å². The third kappa shape index (κ3) is 4.11. The minimum absolute atomic E-state index is 0.426. The second kappa shape index (κ2) is 6.91. The van der Waals surface area contributed by atoms with Crippen LogP contribution in [0.15, 0.2) is 12.1 Å². The lowest BCUT2D eigenvalue weighted by atomic mass is 9.96. The molecule has 0 fully saturated rings. The first kappa shape index (κ1) is 15.2. The van der Waals surface area contributed by atoms with E-state index in [9.17, 15) is 0 Å². The van der Waals surface area contributed by atoms with Crippen LogP contribution in [0.1, 0.15) is 42.1 Å². The van der Waals surface area contributed by atoms with E-state index in [2.05, 4.69) is 64.0 Å². The van der Waals surface area contributed by atoms with Gasteiger partial charge in [-0.05, 0) is 63.5 Å². The van der Waals surface area contributed by atoms with Crippen LogP contribution in [0.3, 0.4) is 0 Å². The van der Waals surface area contributed by atoms with Gasteiger partial charge in [0.1, 0.15) is 0 Å². The van der Waals surface area contributed by atoms with E-state index in [4.69, 9.17) is 0 Å². The zero-order valence-electron chi connectivity index (χ0n) is 12.8. The van der Waals surface area contributed by atoms with Gasteiger partial charge in [-0.15, -0.1) is 0 Å². The van der Waals surface area contributed by atoms with Crippen LogP contribution >= 0.6 is 0 Å². The average molecular weight is 248 g/mol. The fourth-order valence-electron chi connectivity index (χ4n) is 2.19. The molecule has 0 aliphatic rings. The summed E-state index contributed by atoms with van der Waals surface area (Å²) < 4.78 is 0. The fraction of sp³-hybridized carbons (Fsp3) is 0.625. The molecular formula is C16H28N2. The predicted molar refractivity (Wildman–Crippen MR) is 80.2 cm³/mol. The molecule has 102 valence electrons. The van der Waals surface area contributed by atoms with Crippen molar-refractivity contribution in [2.45, 2.75) is 40.7 Å². The first-order valence-corrected chi connectivity index (χ1v) is 6.95. The number of benzene rings is 1. The summed E-state index contributed by atoms with van der Waals surface area (Å²) in [5, 5.41) is 3.61. The minimum Gasteiger partial charge on any atom is -0.309 e. The highest BCUT2D eigenvalue weighted by molar-refractivity contribution is 5.37. The molecule has 1 aromatic rings. The van der Waals surface area contributed by atoms with Crippen molar-refractivity contribution >= 4 is 0 Å². The Labute approximate surface area is 112 Å². The molecular weight excluding hydrogens is 220 g/mol. The molecule has 1 rings (SSSR count). The molecule has 1 atom stereocenters. The number of rotatable bonds is 6. The Balaban J connectivity index is 2.61. The molecule has 0 bridgehead atoms. The molecule has 1 N–H and O–H groups in total. The third-order valence-electron chi connectivity index (χ3n) is 3.83. The van der Waals surface area contributed by atoms with Crippen LogP contribution in [0, 0.1) is 20.8 Å². The normalized spacial score (nSPS) is 13.1. The van der Waals surface area contributed by atoms with E-state index in [1.807, 2.05) is 0 Å². The fourth-order valence-corrected chi connectivity index (χ4v) is 2.19. The minimum atomic E-state index is 0.426. The van der Waals surface area contributed by atoms with Crippen LogP contribution in [0.2, 0.25) is 0 Å². The Morgan fingerprint density at radius 1 is 1.11 bits per heavy atom. The number of hydrogen-bond donors (Lipinski definition) is 1. The molecule has 18 heavy (non-hydrogen) atoms. The first-order valence-electron chi connectivity index (χ1n) is 6.95. The molecule has 0 aromatic heterocycles. The highest BCUT2D eigenvalue weighted by Crippen LogP contribution is 2.21.